The Morgan fingerprint density at radius 3 is 2.81 bits per heavy atom. The van der Waals surface area contributed by atoms with Gasteiger partial charge < -0.3 is 9.47 Å². The van der Waals surface area contributed by atoms with E-state index in [-0.39, 0.29) is 5.56 Å². The van der Waals surface area contributed by atoms with Gasteiger partial charge in [0.05, 0.1) is 30.6 Å². The Kier molecular flexibility index (Phi) is 5.38. The number of ether oxygens (including phenoxy) is 2. The molecule has 10 heteroatoms. The van der Waals surface area contributed by atoms with Crippen molar-refractivity contribution in [3.05, 3.63) is 70.4 Å². The molecular formula is C22H20N6O3S. The summed E-state index contributed by atoms with van der Waals surface area (Å²) < 4.78 is 18.2. The zero-order valence-electron chi connectivity index (χ0n) is 17.6. The van der Waals surface area contributed by atoms with Crippen LogP contribution in [0.25, 0.3) is 26.9 Å². The van der Waals surface area contributed by atoms with Crippen molar-refractivity contribution >= 4 is 33.5 Å². The maximum absolute atomic E-state index is 13.2. The smallest absolute Gasteiger partial charge is 0.283 e. The van der Waals surface area contributed by atoms with E-state index in [9.17, 15) is 4.79 Å². The Labute approximate surface area is 187 Å². The van der Waals surface area contributed by atoms with Gasteiger partial charge in [-0.25, -0.2) is 4.68 Å². The summed E-state index contributed by atoms with van der Waals surface area (Å²) in [6.07, 6.45) is 3.41. The number of aromatic nitrogens is 6. The molecule has 0 atom stereocenters. The molecule has 0 spiro atoms. The summed E-state index contributed by atoms with van der Waals surface area (Å²) in [6.45, 7) is 3.27. The zero-order valence-corrected chi connectivity index (χ0v) is 18.4. The molecule has 162 valence electrons. The minimum Gasteiger partial charge on any atom is -0.490 e. The summed E-state index contributed by atoms with van der Waals surface area (Å²) in [4.78, 5) is 17.6. The highest BCUT2D eigenvalue weighted by molar-refractivity contribution is 7.08. The van der Waals surface area contributed by atoms with E-state index in [4.69, 9.17) is 9.47 Å². The zero-order chi connectivity index (χ0) is 22.1. The first-order valence-electron chi connectivity index (χ1n) is 10.0. The number of benzene rings is 1. The predicted octanol–water partition coefficient (Wildman–Crippen LogP) is 2.97. The second kappa shape index (κ2) is 8.48. The molecule has 0 aliphatic heterocycles. The molecule has 0 saturated heterocycles. The van der Waals surface area contributed by atoms with Crippen molar-refractivity contribution in [2.75, 3.05) is 20.3 Å². The molecular weight excluding hydrogens is 428 g/mol. The number of hydrogen-bond donors (Lipinski definition) is 0. The summed E-state index contributed by atoms with van der Waals surface area (Å²) in [5.41, 5.74) is 3.55. The third kappa shape index (κ3) is 3.85. The minimum absolute atomic E-state index is 0.174. The highest BCUT2D eigenvalue weighted by Gasteiger charge is 2.14. The molecule has 0 N–H and O–H groups in total. The van der Waals surface area contributed by atoms with Crippen molar-refractivity contribution < 1.29 is 9.47 Å². The van der Waals surface area contributed by atoms with Gasteiger partial charge in [0.2, 0.25) is 0 Å². The molecule has 0 saturated carbocycles. The van der Waals surface area contributed by atoms with Gasteiger partial charge in [-0.1, -0.05) is 11.3 Å². The van der Waals surface area contributed by atoms with Crippen LogP contribution in [0, 0.1) is 6.92 Å². The Balaban J connectivity index is 1.49. The van der Waals surface area contributed by atoms with E-state index in [1.165, 1.54) is 11.5 Å². The van der Waals surface area contributed by atoms with Crippen LogP contribution in [0.4, 0.5) is 0 Å². The summed E-state index contributed by atoms with van der Waals surface area (Å²) in [5.74, 6) is 0.681. The maximum Gasteiger partial charge on any atom is 0.283 e. The number of nitrogens with zero attached hydrogens (tertiary/aromatic N) is 6. The normalized spacial score (nSPS) is 11.4. The van der Waals surface area contributed by atoms with E-state index in [1.54, 1.807) is 34.8 Å². The predicted molar refractivity (Wildman–Crippen MR) is 122 cm³/mol. The van der Waals surface area contributed by atoms with Crippen molar-refractivity contribution in [3.8, 4) is 10.8 Å². The number of fused-ring (bicyclic) bond motifs is 2. The standard InChI is InChI=1S/C22H20N6O3S/c1-14-9-20(32-25-14)27-6-5-19-21(22(27)29)28(26-24-19)13-15-3-4-18-16(10-15)11-17(12-23-18)31-8-7-30-2/h3-6,9-12H,7-8,13H2,1-2H3. The molecule has 0 aliphatic rings. The Morgan fingerprint density at radius 2 is 2.00 bits per heavy atom. The van der Waals surface area contributed by atoms with Crippen LogP contribution in [0.3, 0.4) is 0 Å². The fourth-order valence-electron chi connectivity index (χ4n) is 3.49. The van der Waals surface area contributed by atoms with Crippen LogP contribution in [0.2, 0.25) is 0 Å². The molecule has 32 heavy (non-hydrogen) atoms. The van der Waals surface area contributed by atoms with Gasteiger partial charge in [0.15, 0.2) is 5.52 Å². The lowest BCUT2D eigenvalue weighted by Gasteiger charge is -2.08. The van der Waals surface area contributed by atoms with E-state index in [1.807, 2.05) is 37.3 Å². The first kappa shape index (κ1) is 20.3. The number of methoxy groups -OCH3 is 1. The van der Waals surface area contributed by atoms with E-state index in [0.717, 1.165) is 27.2 Å². The first-order chi connectivity index (χ1) is 15.6. The lowest BCUT2D eigenvalue weighted by molar-refractivity contribution is 0.146. The average molecular weight is 449 g/mol. The molecule has 0 bridgehead atoms. The number of aryl methyl sites for hydroxylation is 1. The van der Waals surface area contributed by atoms with Crippen LogP contribution < -0.4 is 10.3 Å². The van der Waals surface area contributed by atoms with Crippen molar-refractivity contribution in [2.24, 2.45) is 0 Å². The third-order valence-electron chi connectivity index (χ3n) is 5.03. The largest absolute Gasteiger partial charge is 0.490 e. The maximum atomic E-state index is 13.2. The summed E-state index contributed by atoms with van der Waals surface area (Å²) in [7, 11) is 1.63. The van der Waals surface area contributed by atoms with Crippen LogP contribution in [-0.2, 0) is 11.3 Å². The molecule has 4 aromatic heterocycles. The molecule has 9 nitrogen and oxygen atoms in total. The topological polar surface area (TPSA) is 97.0 Å². The quantitative estimate of drug-likeness (QED) is 0.353. The van der Waals surface area contributed by atoms with Gasteiger partial charge in [-0.05, 0) is 54.4 Å². The van der Waals surface area contributed by atoms with E-state index in [2.05, 4.69) is 19.7 Å². The van der Waals surface area contributed by atoms with Crippen LogP contribution in [0.5, 0.6) is 5.75 Å². The summed E-state index contributed by atoms with van der Waals surface area (Å²) in [6, 6.07) is 11.6. The second-order valence-electron chi connectivity index (χ2n) is 7.32. The van der Waals surface area contributed by atoms with Gasteiger partial charge in [-0.2, -0.15) is 4.37 Å². The van der Waals surface area contributed by atoms with Crippen molar-refractivity contribution in [3.63, 3.8) is 0 Å². The van der Waals surface area contributed by atoms with Crippen LogP contribution in [0.15, 0.2) is 53.6 Å². The number of pyridine rings is 2. The number of hydrogen-bond acceptors (Lipinski definition) is 8. The van der Waals surface area contributed by atoms with Crippen molar-refractivity contribution in [2.45, 2.75) is 13.5 Å². The van der Waals surface area contributed by atoms with Crippen molar-refractivity contribution in [1.29, 1.82) is 0 Å². The Morgan fingerprint density at radius 1 is 1.09 bits per heavy atom. The molecule has 0 fully saturated rings. The van der Waals surface area contributed by atoms with Gasteiger partial charge in [-0.15, -0.1) is 5.10 Å². The molecule has 1 aromatic carbocycles. The monoisotopic (exact) mass is 448 g/mol. The molecule has 0 amide bonds. The third-order valence-corrected chi connectivity index (χ3v) is 5.91. The molecule has 0 aliphatic carbocycles. The van der Waals surface area contributed by atoms with Crippen LogP contribution in [-0.4, -0.2) is 49.2 Å². The fourth-order valence-corrected chi connectivity index (χ4v) is 4.23. The molecule has 0 unspecified atom stereocenters. The highest BCUT2D eigenvalue weighted by atomic mass is 32.1. The molecule has 5 rings (SSSR count). The van der Waals surface area contributed by atoms with Crippen molar-refractivity contribution in [1.82, 2.24) is 28.9 Å². The summed E-state index contributed by atoms with van der Waals surface area (Å²) >= 11 is 1.28. The molecule has 4 heterocycles. The highest BCUT2D eigenvalue weighted by Crippen LogP contribution is 2.21. The van der Waals surface area contributed by atoms with E-state index < -0.39 is 0 Å². The van der Waals surface area contributed by atoms with Crippen LogP contribution in [0.1, 0.15) is 11.3 Å². The van der Waals surface area contributed by atoms with Gasteiger partial charge in [0.1, 0.15) is 22.9 Å². The lowest BCUT2D eigenvalue weighted by atomic mass is 10.1. The first-order valence-corrected chi connectivity index (χ1v) is 10.8. The fraction of sp³-hybridized carbons (Fsp3) is 0.227. The van der Waals surface area contributed by atoms with E-state index >= 15 is 0 Å². The minimum atomic E-state index is -0.174. The van der Waals surface area contributed by atoms with E-state index in [0.29, 0.717) is 36.5 Å². The Bertz CT molecular complexity index is 1470. The second-order valence-corrected chi connectivity index (χ2v) is 8.10. The Hall–Kier alpha value is -3.63. The van der Waals surface area contributed by atoms with Gasteiger partial charge in [0.25, 0.3) is 5.56 Å². The SMILES string of the molecule is COCCOc1cnc2ccc(Cn3nnc4ccn(-c5cc(C)ns5)c(=O)c43)cc2c1. The van der Waals surface area contributed by atoms with Gasteiger partial charge in [-0.3, -0.25) is 14.3 Å². The van der Waals surface area contributed by atoms with Gasteiger partial charge in [0, 0.05) is 18.7 Å². The lowest BCUT2D eigenvalue weighted by Crippen LogP contribution is -2.20. The molecule has 5 aromatic rings. The van der Waals surface area contributed by atoms with Gasteiger partial charge >= 0.3 is 0 Å². The number of rotatable bonds is 7. The average Bonchev–Trinajstić information content (AvgIpc) is 3.40. The summed E-state index contributed by atoms with van der Waals surface area (Å²) in [5, 5.41) is 10.1. The van der Waals surface area contributed by atoms with Crippen LogP contribution >= 0.6 is 11.5 Å². The molecule has 0 radical (unpaired) electrons.